The lowest BCUT2D eigenvalue weighted by Crippen LogP contribution is -2.31. The minimum absolute atomic E-state index is 0.123. The molecule has 8 nitrogen and oxygen atoms in total. The summed E-state index contributed by atoms with van der Waals surface area (Å²) >= 11 is 0. The summed E-state index contributed by atoms with van der Waals surface area (Å²) in [5.74, 6) is -0.0580. The highest BCUT2D eigenvalue weighted by molar-refractivity contribution is 5.66. The van der Waals surface area contributed by atoms with Crippen LogP contribution in [0.1, 0.15) is 50.5 Å². The van der Waals surface area contributed by atoms with Crippen LogP contribution in [0, 0.1) is 17.6 Å². The predicted molar refractivity (Wildman–Crippen MR) is 144 cm³/mol. The zero-order valence-electron chi connectivity index (χ0n) is 21.8. The van der Waals surface area contributed by atoms with Gasteiger partial charge in [-0.25, -0.2) is 13.8 Å². The molecule has 1 aromatic carbocycles. The highest BCUT2D eigenvalue weighted by Crippen LogP contribution is 2.39. The number of anilines is 2. The van der Waals surface area contributed by atoms with Crippen molar-refractivity contribution in [2.24, 2.45) is 11.7 Å². The van der Waals surface area contributed by atoms with E-state index in [1.807, 2.05) is 6.07 Å². The van der Waals surface area contributed by atoms with Crippen molar-refractivity contribution in [2.45, 2.75) is 57.1 Å². The topological polar surface area (TPSA) is 99.6 Å². The van der Waals surface area contributed by atoms with Gasteiger partial charge in [0.25, 0.3) is 0 Å². The molecule has 10 heteroatoms. The van der Waals surface area contributed by atoms with Crippen molar-refractivity contribution < 1.29 is 18.3 Å². The smallest absolute Gasteiger partial charge is 0.229 e. The van der Waals surface area contributed by atoms with Gasteiger partial charge in [0.15, 0.2) is 0 Å². The molecule has 1 saturated heterocycles. The Morgan fingerprint density at radius 2 is 1.85 bits per heavy atom. The Balaban J connectivity index is 1.29. The number of pyridine rings is 1. The lowest BCUT2D eigenvalue weighted by Gasteiger charge is -2.32. The Kier molecular flexibility index (Phi) is 7.14. The Labute approximate surface area is 225 Å². The quantitative estimate of drug-likeness (QED) is 0.332. The summed E-state index contributed by atoms with van der Waals surface area (Å²) in [4.78, 5) is 8.79. The zero-order chi connectivity index (χ0) is 26.9. The molecule has 0 amide bonds. The van der Waals surface area contributed by atoms with E-state index in [2.05, 4.69) is 27.3 Å². The average Bonchev–Trinajstić information content (AvgIpc) is 3.30. The monoisotopic (exact) mass is 534 g/mol. The third kappa shape index (κ3) is 5.44. The molecule has 2 aliphatic rings. The molecule has 4 heterocycles. The van der Waals surface area contributed by atoms with E-state index < -0.39 is 11.6 Å². The second-order valence-corrected chi connectivity index (χ2v) is 10.7. The summed E-state index contributed by atoms with van der Waals surface area (Å²) in [5, 5.41) is 7.90. The van der Waals surface area contributed by atoms with E-state index in [-0.39, 0.29) is 29.2 Å². The zero-order valence-corrected chi connectivity index (χ0v) is 21.8. The second-order valence-electron chi connectivity index (χ2n) is 10.7. The maximum absolute atomic E-state index is 15.2. The third-order valence-corrected chi connectivity index (χ3v) is 7.65. The fraction of sp³-hybridized carbons (Fsp3) is 0.414. The Hall–Kier alpha value is -3.63. The first-order valence-electron chi connectivity index (χ1n) is 13.5. The van der Waals surface area contributed by atoms with E-state index in [1.165, 1.54) is 12.1 Å². The standard InChI is InChI=1S/C29H32F2N6O2/c1-17-10-18(12-19(32)11-17)23-4-7-33-16-27(23)35-29-34-15-20-2-3-26(36-37(20)29)28-24(30)13-22(14-25(28)31)39-21-5-8-38-9-6-21/h2-4,7,13-19,21H,5-6,8-12,32H2,1H3,(H,34,35)/t17-,18+,19-/m0/s1. The van der Waals surface area contributed by atoms with Gasteiger partial charge < -0.3 is 20.5 Å². The molecular weight excluding hydrogens is 502 g/mol. The lowest BCUT2D eigenvalue weighted by molar-refractivity contribution is 0.0253. The van der Waals surface area contributed by atoms with Crippen molar-refractivity contribution in [3.8, 4) is 17.0 Å². The number of nitrogens with zero attached hydrogens (tertiary/aromatic N) is 4. The maximum atomic E-state index is 15.2. The van der Waals surface area contributed by atoms with Crippen molar-refractivity contribution >= 4 is 17.2 Å². The molecular formula is C29H32F2N6O2. The van der Waals surface area contributed by atoms with Gasteiger partial charge in [-0.2, -0.15) is 9.61 Å². The summed E-state index contributed by atoms with van der Waals surface area (Å²) in [7, 11) is 0. The van der Waals surface area contributed by atoms with Crippen LogP contribution in [0.5, 0.6) is 5.75 Å². The number of ether oxygens (including phenoxy) is 2. The van der Waals surface area contributed by atoms with Gasteiger partial charge in [-0.05, 0) is 54.9 Å². The Bertz CT molecular complexity index is 1440. The molecule has 3 atom stereocenters. The van der Waals surface area contributed by atoms with Gasteiger partial charge >= 0.3 is 0 Å². The van der Waals surface area contributed by atoms with E-state index >= 15 is 8.78 Å². The van der Waals surface area contributed by atoms with Gasteiger partial charge in [0.1, 0.15) is 23.5 Å². The molecule has 4 aromatic rings. The number of halogens is 2. The fourth-order valence-corrected chi connectivity index (χ4v) is 5.85. The maximum Gasteiger partial charge on any atom is 0.229 e. The van der Waals surface area contributed by atoms with Gasteiger partial charge in [-0.15, -0.1) is 0 Å². The molecule has 204 valence electrons. The van der Waals surface area contributed by atoms with Crippen LogP contribution in [0.2, 0.25) is 0 Å². The molecule has 39 heavy (non-hydrogen) atoms. The first-order chi connectivity index (χ1) is 18.9. The van der Waals surface area contributed by atoms with Crippen molar-refractivity contribution in [3.05, 3.63) is 66.1 Å². The largest absolute Gasteiger partial charge is 0.490 e. The van der Waals surface area contributed by atoms with Crippen LogP contribution in [-0.4, -0.2) is 44.9 Å². The van der Waals surface area contributed by atoms with Crippen LogP contribution >= 0.6 is 0 Å². The molecule has 0 spiro atoms. The van der Waals surface area contributed by atoms with Gasteiger partial charge in [0, 0.05) is 37.2 Å². The summed E-state index contributed by atoms with van der Waals surface area (Å²) in [6.07, 6.45) is 9.43. The number of rotatable bonds is 6. The predicted octanol–water partition coefficient (Wildman–Crippen LogP) is 5.60. The Morgan fingerprint density at radius 1 is 1.05 bits per heavy atom. The van der Waals surface area contributed by atoms with Crippen molar-refractivity contribution in [1.29, 1.82) is 0 Å². The minimum atomic E-state index is -0.740. The Morgan fingerprint density at radius 3 is 2.62 bits per heavy atom. The van der Waals surface area contributed by atoms with Crippen LogP contribution in [0.25, 0.3) is 16.8 Å². The van der Waals surface area contributed by atoms with E-state index in [1.54, 1.807) is 35.2 Å². The SMILES string of the molecule is C[C@@H]1C[C@H](N)C[C@H](c2ccncc2Nc2ncc3ccc(-c4c(F)cc(OC5CCOCC5)cc4F)nn23)C1. The van der Waals surface area contributed by atoms with Gasteiger partial charge in [0.2, 0.25) is 5.95 Å². The fourth-order valence-electron chi connectivity index (χ4n) is 5.85. The lowest BCUT2D eigenvalue weighted by atomic mass is 9.76. The summed E-state index contributed by atoms with van der Waals surface area (Å²) in [6, 6.07) is 7.92. The molecule has 1 aliphatic heterocycles. The number of hydrogen-bond acceptors (Lipinski definition) is 7. The van der Waals surface area contributed by atoms with Gasteiger partial charge in [-0.3, -0.25) is 4.98 Å². The van der Waals surface area contributed by atoms with Gasteiger partial charge in [0.05, 0.1) is 48.1 Å². The molecule has 0 radical (unpaired) electrons. The molecule has 3 aromatic heterocycles. The van der Waals surface area contributed by atoms with E-state index in [9.17, 15) is 0 Å². The normalized spacial score (nSPS) is 22.2. The number of nitrogens with one attached hydrogen (secondary N) is 1. The van der Waals surface area contributed by atoms with E-state index in [4.69, 9.17) is 15.2 Å². The number of imidazole rings is 1. The van der Waals surface area contributed by atoms with E-state index in [0.29, 0.717) is 49.4 Å². The summed E-state index contributed by atoms with van der Waals surface area (Å²) in [5.41, 5.74) is 8.88. The highest BCUT2D eigenvalue weighted by atomic mass is 19.1. The molecule has 3 N–H and O–H groups in total. The average molecular weight is 535 g/mol. The number of fused-ring (bicyclic) bond motifs is 1. The molecule has 1 saturated carbocycles. The van der Waals surface area contributed by atoms with Crippen LogP contribution < -0.4 is 15.8 Å². The number of hydrogen-bond donors (Lipinski definition) is 2. The van der Waals surface area contributed by atoms with Crippen LogP contribution in [0.4, 0.5) is 20.4 Å². The number of benzene rings is 1. The van der Waals surface area contributed by atoms with Crippen LogP contribution in [0.3, 0.4) is 0 Å². The molecule has 0 bridgehead atoms. The first-order valence-corrected chi connectivity index (χ1v) is 13.5. The third-order valence-electron chi connectivity index (χ3n) is 7.65. The van der Waals surface area contributed by atoms with Gasteiger partial charge in [-0.1, -0.05) is 6.92 Å². The van der Waals surface area contributed by atoms with Crippen molar-refractivity contribution in [2.75, 3.05) is 18.5 Å². The first kappa shape index (κ1) is 25.6. The second kappa shape index (κ2) is 10.9. The molecule has 6 rings (SSSR count). The van der Waals surface area contributed by atoms with Crippen LogP contribution in [0.15, 0.2) is 48.9 Å². The number of nitrogens with two attached hydrogens (primary N) is 1. The summed E-state index contributed by atoms with van der Waals surface area (Å²) in [6.45, 7) is 3.38. The summed E-state index contributed by atoms with van der Waals surface area (Å²) < 4.78 is 43.1. The molecule has 0 unspecified atom stereocenters. The number of aromatic nitrogens is 4. The van der Waals surface area contributed by atoms with Crippen molar-refractivity contribution in [1.82, 2.24) is 19.6 Å². The molecule has 2 fully saturated rings. The van der Waals surface area contributed by atoms with Crippen LogP contribution in [-0.2, 0) is 4.74 Å². The van der Waals surface area contributed by atoms with E-state index in [0.717, 1.165) is 30.5 Å². The highest BCUT2D eigenvalue weighted by Gasteiger charge is 2.27. The minimum Gasteiger partial charge on any atom is -0.490 e. The molecule has 1 aliphatic carbocycles. The van der Waals surface area contributed by atoms with Crippen molar-refractivity contribution in [3.63, 3.8) is 0 Å².